The van der Waals surface area contributed by atoms with E-state index < -0.39 is 5.97 Å². The van der Waals surface area contributed by atoms with Crippen LogP contribution >= 0.6 is 24.0 Å². The predicted molar refractivity (Wildman–Crippen MR) is 83.9 cm³/mol. The maximum absolute atomic E-state index is 11.8. The maximum Gasteiger partial charge on any atom is 0.359 e. The Bertz CT molecular complexity index is 654. The van der Waals surface area contributed by atoms with Crippen LogP contribution in [0, 0.1) is 0 Å². The fourth-order valence-corrected chi connectivity index (χ4v) is 2.93. The second-order valence-corrected chi connectivity index (χ2v) is 5.71. The van der Waals surface area contributed by atoms with Crippen molar-refractivity contribution in [3.63, 3.8) is 0 Å². The van der Waals surface area contributed by atoms with Gasteiger partial charge in [0.25, 0.3) is 0 Å². The van der Waals surface area contributed by atoms with Crippen molar-refractivity contribution >= 4 is 29.9 Å². The number of rotatable bonds is 5. The summed E-state index contributed by atoms with van der Waals surface area (Å²) >= 11 is 5.60. The van der Waals surface area contributed by atoms with Crippen LogP contribution in [0.1, 0.15) is 17.4 Å². The molecule has 0 saturated carbocycles. The molecule has 0 aliphatic heterocycles. The lowest BCUT2D eigenvalue weighted by molar-refractivity contribution is 0.0516. The summed E-state index contributed by atoms with van der Waals surface area (Å²) in [7, 11) is 3.14. The Kier molecular flexibility index (Phi) is 5.08. The lowest BCUT2D eigenvalue weighted by atomic mass is 10.2. The van der Waals surface area contributed by atoms with E-state index in [4.69, 9.17) is 14.2 Å². The number of carbonyl (C=O) groups is 1. The van der Waals surface area contributed by atoms with E-state index in [-0.39, 0.29) is 5.69 Å². The van der Waals surface area contributed by atoms with E-state index >= 15 is 0 Å². The Labute approximate surface area is 132 Å². The Hall–Kier alpha value is -1.73. The van der Waals surface area contributed by atoms with Crippen molar-refractivity contribution in [2.24, 2.45) is 0 Å². The molecule has 1 aromatic heterocycles. The van der Waals surface area contributed by atoms with Gasteiger partial charge in [-0.1, -0.05) is 0 Å². The highest BCUT2D eigenvalue weighted by Crippen LogP contribution is 2.36. The van der Waals surface area contributed by atoms with Crippen molar-refractivity contribution in [2.45, 2.75) is 11.1 Å². The van der Waals surface area contributed by atoms with Crippen LogP contribution in [0.2, 0.25) is 0 Å². The Morgan fingerprint density at radius 2 is 2.00 bits per heavy atom. The SMILES string of the molecule is CCOC(=O)c1nc(-c2ccc(OC)c(OC)c2)sc1S. The molecule has 112 valence electrons. The molecule has 0 N–H and O–H groups in total. The van der Waals surface area contributed by atoms with Gasteiger partial charge in [0.15, 0.2) is 17.2 Å². The van der Waals surface area contributed by atoms with Crippen LogP contribution in [0.4, 0.5) is 0 Å². The van der Waals surface area contributed by atoms with Gasteiger partial charge in [0.2, 0.25) is 0 Å². The lowest BCUT2D eigenvalue weighted by Gasteiger charge is -2.08. The van der Waals surface area contributed by atoms with Gasteiger partial charge in [0, 0.05) is 5.56 Å². The first-order valence-corrected chi connectivity index (χ1v) is 7.46. The molecule has 21 heavy (non-hydrogen) atoms. The minimum atomic E-state index is -0.467. The van der Waals surface area contributed by atoms with Gasteiger partial charge in [-0.15, -0.1) is 24.0 Å². The highest BCUT2D eigenvalue weighted by atomic mass is 32.2. The van der Waals surface area contributed by atoms with Gasteiger partial charge < -0.3 is 14.2 Å². The van der Waals surface area contributed by atoms with Gasteiger partial charge in [0.05, 0.1) is 25.0 Å². The van der Waals surface area contributed by atoms with Gasteiger partial charge in [0.1, 0.15) is 5.01 Å². The summed E-state index contributed by atoms with van der Waals surface area (Å²) in [5, 5.41) is 0.670. The quantitative estimate of drug-likeness (QED) is 0.675. The van der Waals surface area contributed by atoms with Crippen LogP contribution in [-0.2, 0) is 4.74 Å². The summed E-state index contributed by atoms with van der Waals surface area (Å²) in [5.41, 5.74) is 1.05. The van der Waals surface area contributed by atoms with Crippen molar-refractivity contribution in [1.29, 1.82) is 0 Å². The van der Waals surface area contributed by atoms with E-state index in [0.717, 1.165) is 5.56 Å². The number of benzene rings is 1. The van der Waals surface area contributed by atoms with Crippen LogP contribution < -0.4 is 9.47 Å². The van der Waals surface area contributed by atoms with Crippen LogP contribution in [0.25, 0.3) is 10.6 Å². The van der Waals surface area contributed by atoms with E-state index in [9.17, 15) is 4.79 Å². The van der Waals surface area contributed by atoms with Crippen molar-refractivity contribution in [1.82, 2.24) is 4.98 Å². The maximum atomic E-state index is 11.8. The van der Waals surface area contributed by atoms with Crippen LogP contribution in [0.15, 0.2) is 22.4 Å². The second-order valence-electron chi connectivity index (χ2n) is 3.96. The molecular formula is C14H15NO4S2. The molecule has 7 heteroatoms. The number of aromatic nitrogens is 1. The van der Waals surface area contributed by atoms with E-state index in [1.165, 1.54) is 11.3 Å². The summed E-state index contributed by atoms with van der Waals surface area (Å²) < 4.78 is 15.9. The van der Waals surface area contributed by atoms with E-state index in [1.807, 2.05) is 6.07 Å². The highest BCUT2D eigenvalue weighted by Gasteiger charge is 2.18. The van der Waals surface area contributed by atoms with E-state index in [0.29, 0.717) is 27.3 Å². The third kappa shape index (κ3) is 3.30. The number of carbonyl (C=O) groups excluding carboxylic acids is 1. The minimum absolute atomic E-state index is 0.231. The molecule has 2 aromatic rings. The fourth-order valence-electron chi connectivity index (χ4n) is 1.74. The number of thiol groups is 1. The zero-order chi connectivity index (χ0) is 15.4. The van der Waals surface area contributed by atoms with Crippen molar-refractivity contribution < 1.29 is 19.0 Å². The van der Waals surface area contributed by atoms with Gasteiger partial charge in [-0.3, -0.25) is 0 Å². The second kappa shape index (κ2) is 6.82. The monoisotopic (exact) mass is 325 g/mol. The van der Waals surface area contributed by atoms with Crippen LogP contribution in [0.3, 0.4) is 0 Å². The smallest absolute Gasteiger partial charge is 0.359 e. The lowest BCUT2D eigenvalue weighted by Crippen LogP contribution is -2.05. The first kappa shape index (κ1) is 15.7. The number of esters is 1. The minimum Gasteiger partial charge on any atom is -0.493 e. The topological polar surface area (TPSA) is 57.7 Å². The van der Waals surface area contributed by atoms with E-state index in [2.05, 4.69) is 17.6 Å². The van der Waals surface area contributed by atoms with Crippen molar-refractivity contribution in [3.8, 4) is 22.1 Å². The zero-order valence-electron chi connectivity index (χ0n) is 11.9. The average Bonchev–Trinajstić information content (AvgIpc) is 2.88. The molecule has 0 unspecified atom stereocenters. The molecule has 2 rings (SSSR count). The first-order chi connectivity index (χ1) is 10.1. The number of nitrogens with zero attached hydrogens (tertiary/aromatic N) is 1. The summed E-state index contributed by atoms with van der Waals surface area (Å²) in [6.45, 7) is 2.05. The molecule has 0 radical (unpaired) electrons. The normalized spacial score (nSPS) is 10.3. The summed E-state index contributed by atoms with van der Waals surface area (Å²) in [6.07, 6.45) is 0. The number of hydrogen-bond donors (Lipinski definition) is 1. The molecule has 0 spiro atoms. The third-order valence-electron chi connectivity index (χ3n) is 2.71. The molecule has 0 aliphatic rings. The molecular weight excluding hydrogens is 310 g/mol. The number of hydrogen-bond acceptors (Lipinski definition) is 7. The van der Waals surface area contributed by atoms with Crippen molar-refractivity contribution in [3.05, 3.63) is 23.9 Å². The van der Waals surface area contributed by atoms with Gasteiger partial charge >= 0.3 is 5.97 Å². The highest BCUT2D eigenvalue weighted by molar-refractivity contribution is 7.83. The van der Waals surface area contributed by atoms with Gasteiger partial charge in [-0.2, -0.15) is 0 Å². The van der Waals surface area contributed by atoms with Crippen molar-refractivity contribution in [2.75, 3.05) is 20.8 Å². The largest absolute Gasteiger partial charge is 0.493 e. The molecule has 1 heterocycles. The average molecular weight is 325 g/mol. The molecule has 5 nitrogen and oxygen atoms in total. The summed E-state index contributed by atoms with van der Waals surface area (Å²) in [4.78, 5) is 16.1. The molecule has 0 saturated heterocycles. The summed E-state index contributed by atoms with van der Waals surface area (Å²) in [6, 6.07) is 5.44. The van der Waals surface area contributed by atoms with Gasteiger partial charge in [-0.05, 0) is 25.1 Å². The third-order valence-corrected chi connectivity index (χ3v) is 4.10. The first-order valence-electron chi connectivity index (χ1n) is 6.20. The standard InChI is InChI=1S/C14H15NO4S2/c1-4-19-13(16)11-14(20)21-12(15-11)8-5-6-9(17-2)10(7-8)18-3/h5-7,20H,4H2,1-3H3. The molecule has 0 amide bonds. The zero-order valence-corrected chi connectivity index (χ0v) is 13.6. The van der Waals surface area contributed by atoms with Gasteiger partial charge in [-0.25, -0.2) is 9.78 Å². The Morgan fingerprint density at radius 3 is 2.62 bits per heavy atom. The number of ether oxygens (including phenoxy) is 3. The van der Waals surface area contributed by atoms with E-state index in [1.54, 1.807) is 33.3 Å². The molecule has 0 aliphatic carbocycles. The Balaban J connectivity index is 2.39. The number of methoxy groups -OCH3 is 2. The van der Waals surface area contributed by atoms with Crippen LogP contribution in [0.5, 0.6) is 11.5 Å². The summed E-state index contributed by atoms with van der Waals surface area (Å²) in [5.74, 6) is 0.767. The molecule has 0 fully saturated rings. The Morgan fingerprint density at radius 1 is 1.29 bits per heavy atom. The van der Waals surface area contributed by atoms with Crippen LogP contribution in [-0.4, -0.2) is 31.8 Å². The molecule has 0 atom stereocenters. The predicted octanol–water partition coefficient (Wildman–Crippen LogP) is 3.29. The number of thiazole rings is 1. The molecule has 0 bridgehead atoms. The molecule has 1 aromatic carbocycles. The fraction of sp³-hybridized carbons (Fsp3) is 0.286.